The molecule has 2 aromatic carbocycles. The van der Waals surface area contributed by atoms with E-state index in [2.05, 4.69) is 46.1 Å². The maximum atomic E-state index is 12.4. The largest absolute Gasteiger partial charge is 0.377 e. The zero-order valence-corrected chi connectivity index (χ0v) is 15.1. The molecule has 5 heteroatoms. The lowest BCUT2D eigenvalue weighted by Gasteiger charge is -2.38. The normalized spacial score (nSPS) is 20.6. The molecule has 134 valence electrons. The van der Waals surface area contributed by atoms with Crippen molar-refractivity contribution in [3.8, 4) is 0 Å². The first-order chi connectivity index (χ1) is 13.3. The lowest BCUT2D eigenvalue weighted by molar-refractivity contribution is 0.1000. The zero-order chi connectivity index (χ0) is 18.4. The second-order valence-corrected chi connectivity index (χ2v) is 6.93. The number of Topliss-reactive ketones (excluding diaryl/α,β-unsaturated/α-hetero) is 1. The van der Waals surface area contributed by atoms with Crippen molar-refractivity contribution in [1.29, 1.82) is 0 Å². The molecule has 2 aliphatic heterocycles. The van der Waals surface area contributed by atoms with Crippen LogP contribution in [0.3, 0.4) is 0 Å². The second kappa shape index (κ2) is 6.20. The Balaban J connectivity index is 1.76. The van der Waals surface area contributed by atoms with Crippen molar-refractivity contribution in [1.82, 2.24) is 9.55 Å². The number of rotatable bonds is 3. The third kappa shape index (κ3) is 2.42. The number of ketones is 1. The minimum atomic E-state index is -0.0518. The van der Waals surface area contributed by atoms with Gasteiger partial charge in [-0.15, -0.1) is 0 Å². The molecule has 0 aliphatic carbocycles. The molecule has 0 saturated heterocycles. The van der Waals surface area contributed by atoms with Gasteiger partial charge in [0, 0.05) is 35.8 Å². The summed E-state index contributed by atoms with van der Waals surface area (Å²) in [6.07, 6.45) is 3.85. The number of aliphatic imine (C=N–C) groups is 1. The van der Waals surface area contributed by atoms with Crippen LogP contribution in [0.15, 0.2) is 65.9 Å². The van der Waals surface area contributed by atoms with E-state index in [0.717, 1.165) is 34.9 Å². The average molecular weight is 356 g/mol. The molecule has 0 amide bonds. The van der Waals surface area contributed by atoms with Gasteiger partial charge in [0.2, 0.25) is 0 Å². The lowest BCUT2D eigenvalue weighted by Crippen LogP contribution is -2.37. The molecule has 1 N–H and O–H groups in total. The molecule has 1 aromatic heterocycles. The molecule has 0 bridgehead atoms. The second-order valence-electron chi connectivity index (χ2n) is 6.93. The van der Waals surface area contributed by atoms with Gasteiger partial charge in [-0.25, -0.2) is 4.98 Å². The highest BCUT2D eigenvalue weighted by molar-refractivity contribution is 6.21. The molecular weight excluding hydrogens is 336 g/mol. The number of nitrogens with one attached hydrogen (secondary N) is 1. The van der Waals surface area contributed by atoms with Crippen LogP contribution in [0.5, 0.6) is 0 Å². The quantitative estimate of drug-likeness (QED) is 0.776. The van der Waals surface area contributed by atoms with E-state index in [1.807, 2.05) is 36.7 Å². The highest BCUT2D eigenvalue weighted by Gasteiger charge is 2.41. The van der Waals surface area contributed by atoms with Crippen LogP contribution in [0.2, 0.25) is 0 Å². The maximum absolute atomic E-state index is 12.4. The monoisotopic (exact) mass is 356 g/mol. The topological polar surface area (TPSA) is 59.3 Å². The summed E-state index contributed by atoms with van der Waals surface area (Å²) >= 11 is 0. The van der Waals surface area contributed by atoms with E-state index in [-0.39, 0.29) is 24.3 Å². The van der Waals surface area contributed by atoms with Crippen LogP contribution in [-0.2, 0) is 6.54 Å². The molecule has 0 saturated carbocycles. The summed E-state index contributed by atoms with van der Waals surface area (Å²) in [6.45, 7) is 3.16. The Kier molecular flexibility index (Phi) is 3.67. The number of carbonyl (C=O) groups excluding carboxylic acids is 1. The summed E-state index contributed by atoms with van der Waals surface area (Å²) in [5.74, 6) is 1.00. The number of aryl methyl sites for hydroxylation is 1. The number of hydrogen-bond donors (Lipinski definition) is 1. The van der Waals surface area contributed by atoms with E-state index in [4.69, 9.17) is 4.99 Å². The Morgan fingerprint density at radius 2 is 2.00 bits per heavy atom. The number of hydrogen-bond acceptors (Lipinski definition) is 4. The molecule has 27 heavy (non-hydrogen) atoms. The Bertz CT molecular complexity index is 1050. The number of aromatic nitrogens is 2. The Hall–Kier alpha value is -3.21. The average Bonchev–Trinajstić information content (AvgIpc) is 3.19. The molecule has 0 spiro atoms. The van der Waals surface area contributed by atoms with Gasteiger partial charge in [0.25, 0.3) is 0 Å². The Morgan fingerprint density at radius 3 is 2.81 bits per heavy atom. The lowest BCUT2D eigenvalue weighted by atomic mass is 9.78. The van der Waals surface area contributed by atoms with E-state index in [0.29, 0.717) is 0 Å². The van der Waals surface area contributed by atoms with Gasteiger partial charge in [-0.1, -0.05) is 42.5 Å². The molecular formula is C22H20N4O. The van der Waals surface area contributed by atoms with Gasteiger partial charge in [0.15, 0.2) is 5.78 Å². The van der Waals surface area contributed by atoms with Crippen LogP contribution in [0.4, 0.5) is 5.69 Å². The molecule has 3 heterocycles. The highest BCUT2D eigenvalue weighted by Crippen LogP contribution is 2.44. The summed E-state index contributed by atoms with van der Waals surface area (Å²) in [5, 5.41) is 3.68. The van der Waals surface area contributed by atoms with Gasteiger partial charge in [0.05, 0.1) is 17.7 Å². The number of anilines is 1. The van der Waals surface area contributed by atoms with Crippen molar-refractivity contribution in [3.05, 3.63) is 83.4 Å². The van der Waals surface area contributed by atoms with Gasteiger partial charge in [-0.3, -0.25) is 9.79 Å². The van der Waals surface area contributed by atoms with Crippen molar-refractivity contribution >= 4 is 17.2 Å². The van der Waals surface area contributed by atoms with E-state index in [1.165, 1.54) is 5.56 Å². The molecule has 0 radical (unpaired) electrons. The predicted octanol–water partition coefficient (Wildman–Crippen LogP) is 3.84. The van der Waals surface area contributed by atoms with Gasteiger partial charge in [-0.2, -0.15) is 0 Å². The summed E-state index contributed by atoms with van der Waals surface area (Å²) in [4.78, 5) is 21.9. The molecule has 2 unspecified atom stereocenters. The standard InChI is InChI=1S/C22H20N4O/c1-2-26-12-11-23-22(26)19-20(14-7-4-3-5-8-14)25-16-10-6-9-15-17(27)13-24-21(19)18(15)16/h3-12,19-20,25H,2,13H2,1H3. The molecule has 3 aromatic rings. The van der Waals surface area contributed by atoms with Crippen LogP contribution in [0.25, 0.3) is 0 Å². The maximum Gasteiger partial charge on any atom is 0.184 e. The third-order valence-electron chi connectivity index (χ3n) is 5.48. The summed E-state index contributed by atoms with van der Waals surface area (Å²) < 4.78 is 2.16. The first-order valence-electron chi connectivity index (χ1n) is 9.31. The van der Waals surface area contributed by atoms with E-state index < -0.39 is 0 Å². The van der Waals surface area contributed by atoms with Gasteiger partial charge in [0.1, 0.15) is 12.4 Å². The van der Waals surface area contributed by atoms with Crippen LogP contribution in [0.1, 0.15) is 46.2 Å². The van der Waals surface area contributed by atoms with Crippen molar-refractivity contribution in [3.63, 3.8) is 0 Å². The zero-order valence-electron chi connectivity index (χ0n) is 15.1. The summed E-state index contributed by atoms with van der Waals surface area (Å²) in [7, 11) is 0. The Morgan fingerprint density at radius 1 is 1.15 bits per heavy atom. The van der Waals surface area contributed by atoms with Gasteiger partial charge >= 0.3 is 0 Å². The minimum Gasteiger partial charge on any atom is -0.377 e. The number of benzene rings is 2. The fraction of sp³-hybridized carbons (Fsp3) is 0.227. The number of nitrogens with zero attached hydrogens (tertiary/aromatic N) is 3. The highest BCUT2D eigenvalue weighted by atomic mass is 16.1. The van der Waals surface area contributed by atoms with Crippen LogP contribution < -0.4 is 5.32 Å². The fourth-order valence-corrected chi connectivity index (χ4v) is 4.24. The number of carbonyl (C=O) groups is 1. The van der Waals surface area contributed by atoms with Crippen molar-refractivity contribution in [2.24, 2.45) is 4.99 Å². The molecule has 2 atom stereocenters. The Labute approximate surface area is 157 Å². The number of imidazole rings is 1. The minimum absolute atomic E-state index is 0.00796. The van der Waals surface area contributed by atoms with E-state index in [9.17, 15) is 4.79 Å². The third-order valence-corrected chi connectivity index (χ3v) is 5.48. The molecule has 0 fully saturated rings. The SMILES string of the molecule is CCn1ccnc1C1C2=NCC(=O)c3cccc(c32)NC1c1ccccc1. The van der Waals surface area contributed by atoms with Crippen LogP contribution >= 0.6 is 0 Å². The fourth-order valence-electron chi connectivity index (χ4n) is 4.24. The summed E-state index contributed by atoms with van der Waals surface area (Å²) in [6, 6.07) is 16.3. The van der Waals surface area contributed by atoms with Gasteiger partial charge in [-0.05, 0) is 18.6 Å². The van der Waals surface area contributed by atoms with E-state index in [1.54, 1.807) is 0 Å². The first kappa shape index (κ1) is 16.0. The molecule has 2 aliphatic rings. The van der Waals surface area contributed by atoms with Crippen LogP contribution in [-0.4, -0.2) is 27.6 Å². The molecule has 5 rings (SSSR count). The van der Waals surface area contributed by atoms with Crippen molar-refractivity contribution in [2.45, 2.75) is 25.4 Å². The van der Waals surface area contributed by atoms with Crippen molar-refractivity contribution < 1.29 is 4.79 Å². The van der Waals surface area contributed by atoms with Crippen LogP contribution in [0, 0.1) is 0 Å². The summed E-state index contributed by atoms with van der Waals surface area (Å²) in [5.41, 5.74) is 4.82. The molecule has 5 nitrogen and oxygen atoms in total. The predicted molar refractivity (Wildman–Crippen MR) is 106 cm³/mol. The van der Waals surface area contributed by atoms with Crippen molar-refractivity contribution in [2.75, 3.05) is 11.9 Å². The smallest absolute Gasteiger partial charge is 0.184 e. The van der Waals surface area contributed by atoms with Gasteiger partial charge < -0.3 is 9.88 Å². The van der Waals surface area contributed by atoms with E-state index >= 15 is 0 Å². The first-order valence-corrected chi connectivity index (χ1v) is 9.31.